The Hall–Kier alpha value is -3.54. The van der Waals surface area contributed by atoms with Crippen LogP contribution < -0.4 is 0 Å². The fourth-order valence-corrected chi connectivity index (χ4v) is 5.78. The molecule has 1 spiro atoms. The number of likely N-dealkylation sites (tertiary alicyclic amines) is 2. The third kappa shape index (κ3) is 5.93. The lowest BCUT2D eigenvalue weighted by atomic mass is 9.71. The Labute approximate surface area is 237 Å². The Balaban J connectivity index is 1.35. The maximum absolute atomic E-state index is 15.5. The third-order valence-corrected chi connectivity index (χ3v) is 7.87. The maximum atomic E-state index is 15.5. The van der Waals surface area contributed by atoms with Crippen LogP contribution in [0.5, 0.6) is 0 Å². The summed E-state index contributed by atoms with van der Waals surface area (Å²) in [6, 6.07) is 6.23. The average Bonchev–Trinajstić information content (AvgIpc) is 3.57. The van der Waals surface area contributed by atoms with Crippen molar-refractivity contribution in [2.24, 2.45) is 5.41 Å². The van der Waals surface area contributed by atoms with E-state index in [1.807, 2.05) is 0 Å². The Kier molecular flexibility index (Phi) is 7.80. The van der Waals surface area contributed by atoms with Crippen molar-refractivity contribution < 1.29 is 37.0 Å². The number of alkyl halides is 2. The Morgan fingerprint density at radius 1 is 1.07 bits per heavy atom. The molecule has 3 saturated heterocycles. The SMILES string of the molecule is C=CCOC(=O)N1CC(c2nnc(C(F)(F)c3ccc(C4CCOCC4)cc3)o2)C2(C1)CN(C(=O)OC(C)(C)C)C2. The van der Waals surface area contributed by atoms with Gasteiger partial charge in [0.1, 0.15) is 12.2 Å². The van der Waals surface area contributed by atoms with Crippen molar-refractivity contribution in [3.8, 4) is 0 Å². The molecule has 4 heterocycles. The van der Waals surface area contributed by atoms with Gasteiger partial charge < -0.3 is 28.4 Å². The molecule has 0 bridgehead atoms. The first-order chi connectivity index (χ1) is 19.4. The first-order valence-corrected chi connectivity index (χ1v) is 13.8. The Bertz CT molecular complexity index is 1260. The van der Waals surface area contributed by atoms with Crippen LogP contribution in [0.25, 0.3) is 0 Å². The predicted molar refractivity (Wildman–Crippen MR) is 143 cm³/mol. The number of rotatable bonds is 6. The summed E-state index contributed by atoms with van der Waals surface area (Å²) in [5, 5.41) is 7.73. The van der Waals surface area contributed by atoms with Gasteiger partial charge in [-0.05, 0) is 45.1 Å². The number of halogens is 2. The number of hydrogen-bond donors (Lipinski definition) is 0. The number of amides is 2. The molecule has 1 unspecified atom stereocenters. The van der Waals surface area contributed by atoms with Crippen molar-refractivity contribution in [1.29, 1.82) is 0 Å². The lowest BCUT2D eigenvalue weighted by molar-refractivity contribution is -0.0385. The normalized spacial score (nSPS) is 21.0. The van der Waals surface area contributed by atoms with Crippen molar-refractivity contribution in [2.45, 2.75) is 57.0 Å². The zero-order valence-corrected chi connectivity index (χ0v) is 23.6. The van der Waals surface area contributed by atoms with E-state index in [9.17, 15) is 9.59 Å². The van der Waals surface area contributed by atoms with E-state index in [0.717, 1.165) is 18.4 Å². The maximum Gasteiger partial charge on any atom is 0.410 e. The molecular formula is C29H36F2N4O6. The smallest absolute Gasteiger partial charge is 0.410 e. The van der Waals surface area contributed by atoms with Crippen LogP contribution in [-0.2, 0) is 20.1 Å². The summed E-state index contributed by atoms with van der Waals surface area (Å²) >= 11 is 0. The Morgan fingerprint density at radius 3 is 2.37 bits per heavy atom. The number of carbonyl (C=O) groups excluding carboxylic acids is 2. The molecule has 0 saturated carbocycles. The van der Waals surface area contributed by atoms with Gasteiger partial charge in [0.25, 0.3) is 5.89 Å². The molecule has 1 atom stereocenters. The van der Waals surface area contributed by atoms with E-state index < -0.39 is 40.9 Å². The summed E-state index contributed by atoms with van der Waals surface area (Å²) in [6.45, 7) is 11.0. The number of ether oxygens (including phenoxy) is 3. The van der Waals surface area contributed by atoms with Gasteiger partial charge in [0, 0.05) is 50.4 Å². The molecule has 3 aliphatic heterocycles. The van der Waals surface area contributed by atoms with Crippen LogP contribution in [-0.4, -0.2) is 83.8 Å². The van der Waals surface area contributed by atoms with Gasteiger partial charge in [-0.1, -0.05) is 36.9 Å². The van der Waals surface area contributed by atoms with E-state index >= 15 is 8.78 Å². The molecule has 10 nitrogen and oxygen atoms in total. The minimum atomic E-state index is -3.52. The molecule has 0 aliphatic carbocycles. The molecule has 5 rings (SSSR count). The van der Waals surface area contributed by atoms with Gasteiger partial charge in [0.2, 0.25) is 5.89 Å². The third-order valence-electron chi connectivity index (χ3n) is 7.87. The fourth-order valence-electron chi connectivity index (χ4n) is 5.78. The minimum absolute atomic E-state index is 0.0126. The van der Waals surface area contributed by atoms with Gasteiger partial charge in [-0.3, -0.25) is 0 Å². The molecule has 3 aliphatic rings. The number of hydrogen-bond acceptors (Lipinski definition) is 8. The van der Waals surface area contributed by atoms with Crippen molar-refractivity contribution in [2.75, 3.05) is 46.0 Å². The summed E-state index contributed by atoms with van der Waals surface area (Å²) in [5.74, 6) is -4.65. The van der Waals surface area contributed by atoms with Crippen LogP contribution in [0, 0.1) is 5.41 Å². The van der Waals surface area contributed by atoms with Crippen LogP contribution in [0.3, 0.4) is 0 Å². The highest BCUT2D eigenvalue weighted by molar-refractivity contribution is 5.71. The number of aromatic nitrogens is 2. The van der Waals surface area contributed by atoms with Crippen molar-refractivity contribution in [3.63, 3.8) is 0 Å². The van der Waals surface area contributed by atoms with Crippen molar-refractivity contribution in [1.82, 2.24) is 20.0 Å². The Morgan fingerprint density at radius 2 is 1.73 bits per heavy atom. The number of benzene rings is 1. The minimum Gasteiger partial charge on any atom is -0.445 e. The van der Waals surface area contributed by atoms with Gasteiger partial charge >= 0.3 is 18.1 Å². The predicted octanol–water partition coefficient (Wildman–Crippen LogP) is 5.06. The van der Waals surface area contributed by atoms with Crippen LogP contribution in [0.4, 0.5) is 18.4 Å². The van der Waals surface area contributed by atoms with Gasteiger partial charge in [-0.25, -0.2) is 9.59 Å². The van der Waals surface area contributed by atoms with Gasteiger partial charge in [0.15, 0.2) is 0 Å². The van der Waals surface area contributed by atoms with Crippen LogP contribution in [0.15, 0.2) is 41.3 Å². The van der Waals surface area contributed by atoms with Crippen LogP contribution in [0.2, 0.25) is 0 Å². The second-order valence-electron chi connectivity index (χ2n) is 12.0. The quantitative estimate of drug-likeness (QED) is 0.441. The zero-order chi connectivity index (χ0) is 29.4. The summed E-state index contributed by atoms with van der Waals surface area (Å²) in [7, 11) is 0. The molecule has 3 fully saturated rings. The first kappa shape index (κ1) is 29.0. The van der Waals surface area contributed by atoms with Gasteiger partial charge in [-0.2, -0.15) is 8.78 Å². The van der Waals surface area contributed by atoms with E-state index in [1.165, 1.54) is 28.0 Å². The molecule has 2 amide bonds. The van der Waals surface area contributed by atoms with Gasteiger partial charge in [-0.15, -0.1) is 10.2 Å². The van der Waals surface area contributed by atoms with Gasteiger partial charge in [0.05, 0.1) is 5.92 Å². The molecular weight excluding hydrogens is 538 g/mol. The van der Waals surface area contributed by atoms with Crippen LogP contribution in [0.1, 0.15) is 68.4 Å². The zero-order valence-electron chi connectivity index (χ0n) is 23.6. The number of nitrogens with zero attached hydrogens (tertiary/aromatic N) is 4. The second kappa shape index (κ2) is 11.0. The molecule has 222 valence electrons. The molecule has 12 heteroatoms. The summed E-state index contributed by atoms with van der Waals surface area (Å²) in [5.41, 5.74) is -0.603. The molecule has 2 aromatic rings. The lowest BCUT2D eigenvalue weighted by Crippen LogP contribution is -2.62. The average molecular weight is 575 g/mol. The molecule has 41 heavy (non-hydrogen) atoms. The molecule has 1 aromatic heterocycles. The summed E-state index contributed by atoms with van der Waals surface area (Å²) < 4.78 is 52.8. The summed E-state index contributed by atoms with van der Waals surface area (Å²) in [4.78, 5) is 28.3. The summed E-state index contributed by atoms with van der Waals surface area (Å²) in [6.07, 6.45) is 2.11. The fraction of sp³-hybridized carbons (Fsp3) is 0.586. The largest absolute Gasteiger partial charge is 0.445 e. The topological polar surface area (TPSA) is 107 Å². The van der Waals surface area contributed by atoms with E-state index in [4.69, 9.17) is 18.6 Å². The second-order valence-corrected chi connectivity index (χ2v) is 12.0. The highest BCUT2D eigenvalue weighted by Gasteiger charge is 2.60. The standard InChI is InChI=1S/C29H36F2N4O6/c1-5-12-39-25(36)34-15-22(28(16-34)17-35(18-28)26(37)41-27(2,3)4)23-32-33-24(40-23)29(30,31)21-8-6-19(7-9-21)20-10-13-38-14-11-20/h5-9,20,22H,1,10-18H2,2-4H3. The molecule has 0 radical (unpaired) electrons. The van der Waals surface area contributed by atoms with E-state index in [0.29, 0.717) is 13.2 Å². The van der Waals surface area contributed by atoms with Crippen molar-refractivity contribution >= 4 is 12.2 Å². The monoisotopic (exact) mass is 574 g/mol. The highest BCUT2D eigenvalue weighted by atomic mass is 19.3. The lowest BCUT2D eigenvalue weighted by Gasteiger charge is -2.49. The molecule has 1 aromatic carbocycles. The molecule has 0 N–H and O–H groups in total. The highest BCUT2D eigenvalue weighted by Crippen LogP contribution is 2.50. The number of carbonyl (C=O) groups is 2. The van der Waals surface area contributed by atoms with E-state index in [-0.39, 0.29) is 50.2 Å². The first-order valence-electron chi connectivity index (χ1n) is 13.8. The van der Waals surface area contributed by atoms with Crippen LogP contribution >= 0.6 is 0 Å². The van der Waals surface area contributed by atoms with Crippen molar-refractivity contribution in [3.05, 3.63) is 59.8 Å². The van der Waals surface area contributed by atoms with E-state index in [1.54, 1.807) is 32.9 Å². The van der Waals surface area contributed by atoms with E-state index in [2.05, 4.69) is 16.8 Å².